The van der Waals surface area contributed by atoms with Gasteiger partial charge in [-0.1, -0.05) is 60.1 Å². The number of amides is 1. The minimum atomic E-state index is 0.0390. The largest absolute Gasteiger partial charge is 0.352 e. The lowest BCUT2D eigenvalue weighted by atomic mass is 10.0. The summed E-state index contributed by atoms with van der Waals surface area (Å²) in [5.41, 5.74) is 2.36. The summed E-state index contributed by atoms with van der Waals surface area (Å²) in [4.78, 5) is 14.7. The van der Waals surface area contributed by atoms with Crippen LogP contribution >= 0.6 is 11.6 Å². The number of hydrogen-bond acceptors (Lipinski definition) is 3. The zero-order valence-corrected chi connectivity index (χ0v) is 16.6. The van der Waals surface area contributed by atoms with Gasteiger partial charge in [0.1, 0.15) is 0 Å². The van der Waals surface area contributed by atoms with Crippen LogP contribution in [0.25, 0.3) is 0 Å². The molecule has 4 nitrogen and oxygen atoms in total. The first-order valence-corrected chi connectivity index (χ1v) is 10.0. The van der Waals surface area contributed by atoms with Crippen LogP contribution in [0.15, 0.2) is 54.6 Å². The maximum atomic E-state index is 12.3. The molecular formula is C22H28ClN3O. The van der Waals surface area contributed by atoms with Gasteiger partial charge in [0.05, 0.1) is 6.54 Å². The van der Waals surface area contributed by atoms with Crippen molar-refractivity contribution < 1.29 is 4.79 Å². The van der Waals surface area contributed by atoms with Gasteiger partial charge < -0.3 is 10.6 Å². The molecule has 0 aromatic heterocycles. The van der Waals surface area contributed by atoms with Crippen molar-refractivity contribution in [3.63, 3.8) is 0 Å². The fourth-order valence-corrected chi connectivity index (χ4v) is 3.84. The molecule has 3 rings (SSSR count). The molecule has 0 radical (unpaired) electrons. The number of nitrogens with zero attached hydrogens (tertiary/aromatic N) is 1. The molecule has 1 fully saturated rings. The number of nitrogens with one attached hydrogen (secondary N) is 2. The Kier molecular flexibility index (Phi) is 7.27. The van der Waals surface area contributed by atoms with Gasteiger partial charge in [0.2, 0.25) is 5.91 Å². The third-order valence-corrected chi connectivity index (χ3v) is 5.49. The molecule has 1 aliphatic rings. The van der Waals surface area contributed by atoms with Crippen molar-refractivity contribution in [1.82, 2.24) is 15.5 Å². The molecule has 144 valence electrons. The Bertz CT molecular complexity index is 729. The van der Waals surface area contributed by atoms with Gasteiger partial charge in [-0.15, -0.1) is 0 Å². The lowest BCUT2D eigenvalue weighted by Gasteiger charge is -2.32. The third-order valence-electron chi connectivity index (χ3n) is 5.14. The summed E-state index contributed by atoms with van der Waals surface area (Å²) in [5, 5.41) is 7.15. The summed E-state index contributed by atoms with van der Waals surface area (Å²) >= 11 is 6.22. The number of carbonyl (C=O) groups excluding carboxylic acids is 1. The van der Waals surface area contributed by atoms with E-state index in [1.807, 2.05) is 37.3 Å². The molecule has 27 heavy (non-hydrogen) atoms. The Morgan fingerprint density at radius 1 is 1.11 bits per heavy atom. The second-order valence-corrected chi connectivity index (χ2v) is 7.63. The van der Waals surface area contributed by atoms with E-state index in [0.717, 1.165) is 43.1 Å². The van der Waals surface area contributed by atoms with Gasteiger partial charge in [-0.25, -0.2) is 0 Å². The van der Waals surface area contributed by atoms with E-state index >= 15 is 0 Å². The predicted octanol–water partition coefficient (Wildman–Crippen LogP) is 3.77. The monoisotopic (exact) mass is 385 g/mol. The van der Waals surface area contributed by atoms with Gasteiger partial charge in [-0.05, 0) is 37.0 Å². The summed E-state index contributed by atoms with van der Waals surface area (Å²) in [6, 6.07) is 18.6. The molecule has 1 heterocycles. The first kappa shape index (κ1) is 19.9. The topological polar surface area (TPSA) is 44.4 Å². The summed E-state index contributed by atoms with van der Waals surface area (Å²) in [6.07, 6.45) is 2.00. The Morgan fingerprint density at radius 3 is 2.48 bits per heavy atom. The van der Waals surface area contributed by atoms with E-state index in [-0.39, 0.29) is 18.0 Å². The van der Waals surface area contributed by atoms with E-state index in [1.165, 1.54) is 5.56 Å². The molecule has 0 unspecified atom stereocenters. The van der Waals surface area contributed by atoms with Crippen molar-refractivity contribution in [3.8, 4) is 0 Å². The summed E-state index contributed by atoms with van der Waals surface area (Å²) in [5.74, 6) is 0.0513. The first-order valence-electron chi connectivity index (χ1n) is 9.65. The number of halogens is 1. The van der Waals surface area contributed by atoms with E-state index in [2.05, 4.69) is 39.8 Å². The fraction of sp³-hybridized carbons (Fsp3) is 0.409. The van der Waals surface area contributed by atoms with Crippen LogP contribution in [-0.4, -0.2) is 36.5 Å². The molecular weight excluding hydrogens is 358 g/mol. The van der Waals surface area contributed by atoms with Crippen LogP contribution in [0, 0.1) is 0 Å². The van der Waals surface area contributed by atoms with E-state index in [0.29, 0.717) is 6.54 Å². The molecule has 2 aromatic carbocycles. The molecule has 0 saturated carbocycles. The van der Waals surface area contributed by atoms with Crippen molar-refractivity contribution >= 4 is 17.5 Å². The predicted molar refractivity (Wildman–Crippen MR) is 111 cm³/mol. The molecule has 2 N–H and O–H groups in total. The number of carbonyl (C=O) groups is 1. The van der Waals surface area contributed by atoms with Crippen molar-refractivity contribution in [1.29, 1.82) is 0 Å². The molecule has 1 atom stereocenters. The van der Waals surface area contributed by atoms with Crippen LogP contribution in [0.1, 0.15) is 36.9 Å². The average molecular weight is 386 g/mol. The molecule has 1 aliphatic heterocycles. The number of likely N-dealkylation sites (tertiary alicyclic amines) is 1. The number of hydrogen-bond donors (Lipinski definition) is 2. The lowest BCUT2D eigenvalue weighted by Crippen LogP contribution is -2.46. The molecule has 2 aromatic rings. The van der Waals surface area contributed by atoms with Crippen molar-refractivity contribution in [2.45, 2.75) is 38.4 Å². The van der Waals surface area contributed by atoms with Crippen LogP contribution < -0.4 is 10.6 Å². The molecule has 1 amide bonds. The number of piperidine rings is 1. The quantitative estimate of drug-likeness (QED) is 0.762. The van der Waals surface area contributed by atoms with Crippen LogP contribution in [0.5, 0.6) is 0 Å². The smallest absolute Gasteiger partial charge is 0.234 e. The third kappa shape index (κ3) is 6.06. The van der Waals surface area contributed by atoms with Gasteiger partial charge in [0.25, 0.3) is 0 Å². The highest BCUT2D eigenvalue weighted by Gasteiger charge is 2.21. The number of rotatable bonds is 7. The van der Waals surface area contributed by atoms with E-state index < -0.39 is 0 Å². The number of benzene rings is 2. The van der Waals surface area contributed by atoms with Crippen LogP contribution in [0.4, 0.5) is 0 Å². The van der Waals surface area contributed by atoms with Gasteiger partial charge in [0, 0.05) is 36.7 Å². The Morgan fingerprint density at radius 2 is 1.78 bits per heavy atom. The van der Waals surface area contributed by atoms with E-state index in [4.69, 9.17) is 11.6 Å². The van der Waals surface area contributed by atoms with Gasteiger partial charge in [0.15, 0.2) is 0 Å². The second kappa shape index (κ2) is 9.88. The molecule has 5 heteroatoms. The molecule has 0 aliphatic carbocycles. The first-order chi connectivity index (χ1) is 13.1. The molecule has 0 bridgehead atoms. The van der Waals surface area contributed by atoms with Gasteiger partial charge in [-0.2, -0.15) is 0 Å². The summed E-state index contributed by atoms with van der Waals surface area (Å²) in [6.45, 7) is 5.35. The highest BCUT2D eigenvalue weighted by molar-refractivity contribution is 6.31. The Labute approximate surface area is 166 Å². The van der Waals surface area contributed by atoms with Crippen molar-refractivity contribution in [3.05, 3.63) is 70.7 Å². The SMILES string of the molecule is C[C@@H](NCC(=O)NC1CCN(Cc2ccccc2)CC1)c1ccccc1Cl. The fourth-order valence-electron chi connectivity index (χ4n) is 3.54. The van der Waals surface area contributed by atoms with E-state index in [9.17, 15) is 4.79 Å². The van der Waals surface area contributed by atoms with Crippen LogP contribution in [-0.2, 0) is 11.3 Å². The normalized spacial score (nSPS) is 16.8. The maximum absolute atomic E-state index is 12.3. The maximum Gasteiger partial charge on any atom is 0.234 e. The standard InChI is InChI=1S/C22H28ClN3O/c1-17(20-9-5-6-10-21(20)23)24-15-22(27)25-19-11-13-26(14-12-19)16-18-7-3-2-4-8-18/h2-10,17,19,24H,11-16H2,1H3,(H,25,27)/t17-/m1/s1. The second-order valence-electron chi connectivity index (χ2n) is 7.23. The minimum absolute atomic E-state index is 0.0390. The Hall–Kier alpha value is -1.88. The summed E-state index contributed by atoms with van der Waals surface area (Å²) < 4.78 is 0. The van der Waals surface area contributed by atoms with Crippen LogP contribution in [0.2, 0.25) is 5.02 Å². The van der Waals surface area contributed by atoms with Crippen LogP contribution in [0.3, 0.4) is 0 Å². The minimum Gasteiger partial charge on any atom is -0.352 e. The lowest BCUT2D eigenvalue weighted by molar-refractivity contribution is -0.121. The van der Waals surface area contributed by atoms with Gasteiger partial charge in [-0.3, -0.25) is 9.69 Å². The molecule has 1 saturated heterocycles. The van der Waals surface area contributed by atoms with E-state index in [1.54, 1.807) is 0 Å². The zero-order valence-electron chi connectivity index (χ0n) is 15.8. The van der Waals surface area contributed by atoms with Crippen molar-refractivity contribution in [2.24, 2.45) is 0 Å². The zero-order chi connectivity index (χ0) is 19.1. The summed E-state index contributed by atoms with van der Waals surface area (Å²) in [7, 11) is 0. The van der Waals surface area contributed by atoms with Crippen molar-refractivity contribution in [2.75, 3.05) is 19.6 Å². The highest BCUT2D eigenvalue weighted by Crippen LogP contribution is 2.21. The Balaban J connectivity index is 1.37. The average Bonchev–Trinajstić information content (AvgIpc) is 2.69. The van der Waals surface area contributed by atoms with Gasteiger partial charge >= 0.3 is 0 Å². The molecule has 0 spiro atoms. The highest BCUT2D eigenvalue weighted by atomic mass is 35.5.